The molecule has 4 aromatic rings. The van der Waals surface area contributed by atoms with Gasteiger partial charge in [-0.25, -0.2) is 19.5 Å². The summed E-state index contributed by atoms with van der Waals surface area (Å²) in [6.07, 6.45) is 9.18. The lowest BCUT2D eigenvalue weighted by atomic mass is 9.84. The van der Waals surface area contributed by atoms with Crippen LogP contribution < -0.4 is 10.3 Å². The molecular weight excluding hydrogens is 487 g/mol. The van der Waals surface area contributed by atoms with Crippen molar-refractivity contribution >= 4 is 11.6 Å². The molecule has 1 N–H and O–H groups in total. The summed E-state index contributed by atoms with van der Waals surface area (Å²) in [5.74, 6) is 0.229. The van der Waals surface area contributed by atoms with Gasteiger partial charge >= 0.3 is 0 Å². The van der Waals surface area contributed by atoms with Crippen LogP contribution in [0.25, 0.3) is 28.3 Å². The molecule has 1 amide bonds. The Hall–Kier alpha value is -4.08. The number of ether oxygens (including phenoxy) is 1. The van der Waals surface area contributed by atoms with E-state index in [-0.39, 0.29) is 45.9 Å². The van der Waals surface area contributed by atoms with Crippen LogP contribution in [0.4, 0.5) is 4.39 Å². The molecule has 1 aliphatic carbocycles. The summed E-state index contributed by atoms with van der Waals surface area (Å²) in [6.45, 7) is 0.119. The van der Waals surface area contributed by atoms with Crippen molar-refractivity contribution in [3.63, 3.8) is 0 Å². The van der Waals surface area contributed by atoms with Crippen molar-refractivity contribution in [2.75, 3.05) is 26.9 Å². The molecule has 2 aliphatic rings. The number of halogens is 1. The lowest BCUT2D eigenvalue weighted by molar-refractivity contribution is 0.0455. The van der Waals surface area contributed by atoms with Crippen molar-refractivity contribution in [3.05, 3.63) is 64.2 Å². The Bertz CT molecular complexity index is 1530. The Morgan fingerprint density at radius 2 is 1.84 bits per heavy atom. The Labute approximate surface area is 218 Å². The number of alkyl halides is 1. The second kappa shape index (κ2) is 10.00. The van der Waals surface area contributed by atoms with E-state index in [4.69, 9.17) is 9.72 Å². The van der Waals surface area contributed by atoms with E-state index in [2.05, 4.69) is 27.2 Å². The number of hydrogen-bond acceptors (Lipinski definition) is 6. The van der Waals surface area contributed by atoms with Gasteiger partial charge in [0, 0.05) is 43.0 Å². The van der Waals surface area contributed by atoms with E-state index in [1.807, 2.05) is 12.1 Å². The van der Waals surface area contributed by atoms with Crippen molar-refractivity contribution in [3.8, 4) is 28.5 Å². The summed E-state index contributed by atoms with van der Waals surface area (Å²) in [7, 11) is 1.46. The van der Waals surface area contributed by atoms with Gasteiger partial charge in [-0.3, -0.25) is 19.1 Å². The zero-order valence-corrected chi connectivity index (χ0v) is 21.2. The van der Waals surface area contributed by atoms with Gasteiger partial charge in [0.1, 0.15) is 11.3 Å². The second-order valence-electron chi connectivity index (χ2n) is 10.1. The number of nitrogens with one attached hydrogen (secondary N) is 1. The zero-order valence-electron chi connectivity index (χ0n) is 21.2. The van der Waals surface area contributed by atoms with Crippen molar-refractivity contribution in [1.29, 1.82) is 0 Å². The summed E-state index contributed by atoms with van der Waals surface area (Å²) >= 11 is 0. The molecule has 38 heavy (non-hydrogen) atoms. The number of benzene rings is 1. The van der Waals surface area contributed by atoms with Crippen LogP contribution >= 0.6 is 0 Å². The van der Waals surface area contributed by atoms with Crippen molar-refractivity contribution in [2.24, 2.45) is 5.92 Å². The molecule has 6 rings (SSSR count). The monoisotopic (exact) mass is 516 g/mol. The van der Waals surface area contributed by atoms with Gasteiger partial charge < -0.3 is 9.64 Å². The molecule has 4 heterocycles. The third-order valence-electron chi connectivity index (χ3n) is 7.67. The lowest BCUT2D eigenvalue weighted by Gasteiger charge is -2.37. The molecule has 0 atom stereocenters. The topological polar surface area (TPSA) is 105 Å². The Kier molecular flexibility index (Phi) is 6.39. The number of aromatic nitrogens is 5. The molecule has 1 aliphatic heterocycles. The zero-order chi connectivity index (χ0) is 26.2. The number of rotatable bonds is 6. The van der Waals surface area contributed by atoms with Crippen LogP contribution in [0.5, 0.6) is 5.88 Å². The van der Waals surface area contributed by atoms with E-state index in [9.17, 15) is 14.0 Å². The summed E-state index contributed by atoms with van der Waals surface area (Å²) < 4.78 is 19.7. The summed E-state index contributed by atoms with van der Waals surface area (Å²) in [5, 5.41) is 3.00. The maximum Gasteiger partial charge on any atom is 0.273 e. The largest absolute Gasteiger partial charge is 0.479 e. The van der Waals surface area contributed by atoms with Crippen LogP contribution in [0.15, 0.2) is 47.5 Å². The number of H-pyrrole nitrogens is 1. The van der Waals surface area contributed by atoms with Crippen molar-refractivity contribution in [2.45, 2.75) is 38.0 Å². The minimum atomic E-state index is -0.485. The number of carbonyl (C=O) groups excluding carboxylic acids is 1. The average Bonchev–Trinajstić information content (AvgIpc) is 3.33. The minimum Gasteiger partial charge on any atom is -0.479 e. The molecule has 9 nitrogen and oxygen atoms in total. The van der Waals surface area contributed by atoms with Crippen LogP contribution in [0.3, 0.4) is 0 Å². The van der Waals surface area contributed by atoms with Crippen LogP contribution in [-0.4, -0.2) is 62.2 Å². The van der Waals surface area contributed by atoms with Crippen LogP contribution in [0.1, 0.15) is 53.9 Å². The van der Waals surface area contributed by atoms with Crippen molar-refractivity contribution < 1.29 is 13.9 Å². The van der Waals surface area contributed by atoms with Crippen LogP contribution in [-0.2, 0) is 0 Å². The molecular formula is C28H29FN6O3. The quantitative estimate of drug-likeness (QED) is 0.411. The Morgan fingerprint density at radius 3 is 2.55 bits per heavy atom. The maximum absolute atomic E-state index is 13.7. The van der Waals surface area contributed by atoms with Gasteiger partial charge in [-0.2, -0.15) is 0 Å². The van der Waals surface area contributed by atoms with Gasteiger partial charge in [0.15, 0.2) is 11.3 Å². The third kappa shape index (κ3) is 4.23. The first-order chi connectivity index (χ1) is 18.6. The number of hydrogen-bond donors (Lipinski definition) is 1. The molecule has 10 heteroatoms. The van der Waals surface area contributed by atoms with Crippen LogP contribution in [0.2, 0.25) is 0 Å². The fraction of sp³-hybridized carbons (Fsp3) is 0.393. The SMILES string of the molecule is COc1nccnc1-c1[nH]n2c(=O)cc(-c3ccc(C4CCCCC4)cc3)nc2c1C(=O)N1CC(CF)C1. The van der Waals surface area contributed by atoms with E-state index in [1.165, 1.54) is 67.8 Å². The van der Waals surface area contributed by atoms with Gasteiger partial charge in [-0.15, -0.1) is 0 Å². The van der Waals surface area contributed by atoms with Gasteiger partial charge in [-0.1, -0.05) is 43.5 Å². The molecule has 3 aromatic heterocycles. The van der Waals surface area contributed by atoms with E-state index in [0.717, 1.165) is 5.56 Å². The third-order valence-corrected chi connectivity index (χ3v) is 7.67. The molecule has 2 fully saturated rings. The number of nitrogens with zero attached hydrogens (tertiary/aromatic N) is 5. The number of aromatic amines is 1. The second-order valence-corrected chi connectivity index (χ2v) is 10.1. The first-order valence-corrected chi connectivity index (χ1v) is 13.0. The highest BCUT2D eigenvalue weighted by atomic mass is 19.1. The predicted molar refractivity (Wildman–Crippen MR) is 140 cm³/mol. The fourth-order valence-corrected chi connectivity index (χ4v) is 5.56. The van der Waals surface area contributed by atoms with E-state index in [1.54, 1.807) is 4.90 Å². The highest BCUT2D eigenvalue weighted by molar-refractivity contribution is 6.06. The Morgan fingerprint density at radius 1 is 1.11 bits per heavy atom. The summed E-state index contributed by atoms with van der Waals surface area (Å²) in [6, 6.07) is 9.67. The molecule has 0 spiro atoms. The Balaban J connectivity index is 1.46. The molecule has 196 valence electrons. The van der Waals surface area contributed by atoms with E-state index in [0.29, 0.717) is 24.7 Å². The van der Waals surface area contributed by atoms with Gasteiger partial charge in [0.05, 0.1) is 19.5 Å². The standard InChI is InChI=1S/C28H29FN6O3/c1-38-27-25(30-11-12-31-27)24-23(28(37)34-15-17(14-29)16-34)26-32-21(13-22(36)35(26)33-24)20-9-7-19(8-10-20)18-5-3-2-4-6-18/h7-13,17-18,33H,2-6,14-16H2,1H3. The smallest absolute Gasteiger partial charge is 0.273 e. The van der Waals surface area contributed by atoms with Gasteiger partial charge in [0.2, 0.25) is 5.88 Å². The highest BCUT2D eigenvalue weighted by Gasteiger charge is 2.35. The fourth-order valence-electron chi connectivity index (χ4n) is 5.56. The average molecular weight is 517 g/mol. The van der Waals surface area contributed by atoms with Gasteiger partial charge in [0.25, 0.3) is 11.5 Å². The predicted octanol–water partition coefficient (Wildman–Crippen LogP) is 4.24. The summed E-state index contributed by atoms with van der Waals surface area (Å²) in [5.41, 5.74) is 3.13. The molecule has 0 unspecified atom stereocenters. The van der Waals surface area contributed by atoms with E-state index >= 15 is 0 Å². The molecule has 1 saturated carbocycles. The first-order valence-electron chi connectivity index (χ1n) is 13.0. The van der Waals surface area contributed by atoms with Crippen LogP contribution in [0, 0.1) is 5.92 Å². The normalized spacial score (nSPS) is 16.5. The van der Waals surface area contributed by atoms with Gasteiger partial charge in [-0.05, 0) is 24.3 Å². The maximum atomic E-state index is 13.7. The molecule has 0 radical (unpaired) electrons. The number of carbonyl (C=O) groups is 1. The number of methoxy groups -OCH3 is 1. The molecule has 1 saturated heterocycles. The number of likely N-dealkylation sites (tertiary alicyclic amines) is 1. The highest BCUT2D eigenvalue weighted by Crippen LogP contribution is 2.34. The molecule has 0 bridgehead atoms. The van der Waals surface area contributed by atoms with E-state index < -0.39 is 6.67 Å². The minimum absolute atomic E-state index is 0.180. The number of amides is 1. The van der Waals surface area contributed by atoms with Crippen molar-refractivity contribution in [1.82, 2.24) is 29.5 Å². The molecule has 1 aromatic carbocycles. The number of fused-ring (bicyclic) bond motifs is 1. The first kappa shape index (κ1) is 24.3. The lowest BCUT2D eigenvalue weighted by Crippen LogP contribution is -2.50. The summed E-state index contributed by atoms with van der Waals surface area (Å²) in [4.78, 5) is 41.8.